The molecule has 0 radical (unpaired) electrons. The Morgan fingerprint density at radius 2 is 2.07 bits per heavy atom. The summed E-state index contributed by atoms with van der Waals surface area (Å²) in [6.45, 7) is -2.97. The molecular formula is C8H8F3NOS. The van der Waals surface area contributed by atoms with Gasteiger partial charge in [0.1, 0.15) is 0 Å². The van der Waals surface area contributed by atoms with E-state index in [-0.39, 0.29) is 6.54 Å². The highest BCUT2D eigenvalue weighted by Crippen LogP contribution is 2.25. The van der Waals surface area contributed by atoms with Crippen LogP contribution >= 0.6 is 12.6 Å². The minimum absolute atomic E-state index is 0.0880. The fraction of sp³-hybridized carbons (Fsp3) is 0.250. The Balaban J connectivity index is 3.02. The molecule has 0 aliphatic heterocycles. The lowest BCUT2D eigenvalue weighted by molar-refractivity contribution is -0.0523. The molecule has 1 aromatic rings. The van der Waals surface area contributed by atoms with Gasteiger partial charge in [0.05, 0.1) is 0 Å². The summed E-state index contributed by atoms with van der Waals surface area (Å²) < 4.78 is 40.5. The van der Waals surface area contributed by atoms with Crippen LogP contribution in [0.3, 0.4) is 0 Å². The smallest absolute Gasteiger partial charge is 0.387 e. The van der Waals surface area contributed by atoms with Crippen molar-refractivity contribution in [1.82, 2.24) is 0 Å². The quantitative estimate of drug-likeness (QED) is 0.770. The number of alkyl halides is 2. The van der Waals surface area contributed by atoms with Gasteiger partial charge < -0.3 is 10.5 Å². The van der Waals surface area contributed by atoms with Crippen LogP contribution in [0.5, 0.6) is 5.75 Å². The van der Waals surface area contributed by atoms with Gasteiger partial charge in [0.15, 0.2) is 11.6 Å². The van der Waals surface area contributed by atoms with Gasteiger partial charge in [-0.05, 0) is 17.7 Å². The SMILES string of the molecule is NCc1cc(F)c(OC(F)F)cc1S. The molecule has 0 saturated carbocycles. The molecule has 1 aromatic carbocycles. The van der Waals surface area contributed by atoms with E-state index in [1.165, 1.54) is 0 Å². The van der Waals surface area contributed by atoms with Crippen LogP contribution in [-0.2, 0) is 6.54 Å². The van der Waals surface area contributed by atoms with Crippen molar-refractivity contribution in [3.8, 4) is 5.75 Å². The second-order valence-corrected chi connectivity index (χ2v) is 2.98. The minimum atomic E-state index is -3.05. The Bertz CT molecular complexity index is 333. The molecule has 2 nitrogen and oxygen atoms in total. The van der Waals surface area contributed by atoms with Gasteiger partial charge in [0.25, 0.3) is 0 Å². The molecule has 0 saturated heterocycles. The predicted octanol–water partition coefficient (Wildman–Crippen LogP) is 2.17. The third-order valence-electron chi connectivity index (χ3n) is 1.57. The number of halogens is 3. The van der Waals surface area contributed by atoms with Crippen molar-refractivity contribution in [3.63, 3.8) is 0 Å². The normalized spacial score (nSPS) is 10.7. The first-order chi connectivity index (χ1) is 6.54. The lowest BCUT2D eigenvalue weighted by Gasteiger charge is -2.08. The maximum absolute atomic E-state index is 13.0. The Kier molecular flexibility index (Phi) is 3.65. The first-order valence-electron chi connectivity index (χ1n) is 3.71. The van der Waals surface area contributed by atoms with Crippen molar-refractivity contribution in [2.24, 2.45) is 5.73 Å². The van der Waals surface area contributed by atoms with E-state index in [9.17, 15) is 13.2 Å². The number of ether oxygens (including phenoxy) is 1. The topological polar surface area (TPSA) is 35.2 Å². The molecule has 0 unspecified atom stereocenters. The summed E-state index contributed by atoms with van der Waals surface area (Å²) in [4.78, 5) is 0.324. The number of thiol groups is 1. The van der Waals surface area contributed by atoms with E-state index in [0.29, 0.717) is 10.5 Å². The summed E-state index contributed by atoms with van der Waals surface area (Å²) >= 11 is 3.95. The second kappa shape index (κ2) is 4.56. The zero-order chi connectivity index (χ0) is 10.7. The highest BCUT2D eigenvalue weighted by molar-refractivity contribution is 7.80. The third-order valence-corrected chi connectivity index (χ3v) is 1.99. The molecule has 0 amide bonds. The molecule has 0 spiro atoms. The van der Waals surface area contributed by atoms with E-state index >= 15 is 0 Å². The van der Waals surface area contributed by atoms with Crippen molar-refractivity contribution in [2.75, 3.05) is 0 Å². The lowest BCUT2D eigenvalue weighted by atomic mass is 10.2. The molecule has 0 fully saturated rings. The Morgan fingerprint density at radius 3 is 2.57 bits per heavy atom. The summed E-state index contributed by atoms with van der Waals surface area (Å²) in [7, 11) is 0. The van der Waals surface area contributed by atoms with Gasteiger partial charge in [-0.3, -0.25) is 0 Å². The van der Waals surface area contributed by atoms with Crippen molar-refractivity contribution < 1.29 is 17.9 Å². The van der Waals surface area contributed by atoms with Crippen LogP contribution in [0, 0.1) is 5.82 Å². The van der Waals surface area contributed by atoms with Crippen molar-refractivity contribution in [1.29, 1.82) is 0 Å². The van der Waals surface area contributed by atoms with Gasteiger partial charge >= 0.3 is 6.61 Å². The Morgan fingerprint density at radius 1 is 1.43 bits per heavy atom. The lowest BCUT2D eigenvalue weighted by Crippen LogP contribution is -2.05. The first-order valence-corrected chi connectivity index (χ1v) is 4.15. The summed E-state index contributed by atoms with van der Waals surface area (Å²) in [5.41, 5.74) is 5.70. The fourth-order valence-corrected chi connectivity index (χ4v) is 1.21. The van der Waals surface area contributed by atoms with Crippen LogP contribution in [0.15, 0.2) is 17.0 Å². The molecule has 2 N–H and O–H groups in total. The van der Waals surface area contributed by atoms with Crippen LogP contribution in [0.4, 0.5) is 13.2 Å². The molecular weight excluding hydrogens is 215 g/mol. The van der Waals surface area contributed by atoms with Crippen LogP contribution < -0.4 is 10.5 Å². The van der Waals surface area contributed by atoms with Gasteiger partial charge in [0.2, 0.25) is 0 Å². The second-order valence-electron chi connectivity index (χ2n) is 2.49. The molecule has 6 heteroatoms. The van der Waals surface area contributed by atoms with Crippen molar-refractivity contribution in [3.05, 3.63) is 23.5 Å². The molecule has 1 rings (SSSR count). The molecule has 0 atom stereocenters. The maximum atomic E-state index is 13.0. The van der Waals surface area contributed by atoms with Gasteiger partial charge in [-0.2, -0.15) is 8.78 Å². The average molecular weight is 223 g/mol. The van der Waals surface area contributed by atoms with Crippen molar-refractivity contribution >= 4 is 12.6 Å². The van der Waals surface area contributed by atoms with Crippen LogP contribution in [0.1, 0.15) is 5.56 Å². The van der Waals surface area contributed by atoms with E-state index in [1.54, 1.807) is 0 Å². The largest absolute Gasteiger partial charge is 0.432 e. The third kappa shape index (κ3) is 2.55. The van der Waals surface area contributed by atoms with Crippen LogP contribution in [0.2, 0.25) is 0 Å². The highest BCUT2D eigenvalue weighted by Gasteiger charge is 2.12. The zero-order valence-corrected chi connectivity index (χ0v) is 7.90. The zero-order valence-electron chi connectivity index (χ0n) is 7.01. The molecule has 78 valence electrons. The Labute approximate surface area is 84.3 Å². The summed E-state index contributed by atoms with van der Waals surface area (Å²) in [6, 6.07) is 2.10. The van der Waals surface area contributed by atoms with E-state index in [2.05, 4.69) is 17.4 Å². The van der Waals surface area contributed by atoms with Gasteiger partial charge in [-0.1, -0.05) is 0 Å². The number of hydrogen-bond donors (Lipinski definition) is 2. The summed E-state index contributed by atoms with van der Waals surface area (Å²) in [6.07, 6.45) is 0. The Hall–Kier alpha value is -0.880. The molecule has 14 heavy (non-hydrogen) atoms. The molecule has 0 aliphatic carbocycles. The summed E-state index contributed by atoms with van der Waals surface area (Å²) in [5, 5.41) is 0. The van der Waals surface area contributed by atoms with Gasteiger partial charge in [0, 0.05) is 11.4 Å². The molecule has 0 aliphatic rings. The minimum Gasteiger partial charge on any atom is -0.432 e. The van der Waals surface area contributed by atoms with Gasteiger partial charge in [-0.25, -0.2) is 4.39 Å². The maximum Gasteiger partial charge on any atom is 0.387 e. The van der Waals surface area contributed by atoms with E-state index < -0.39 is 18.2 Å². The highest BCUT2D eigenvalue weighted by atomic mass is 32.1. The van der Waals surface area contributed by atoms with Crippen molar-refractivity contribution in [2.45, 2.75) is 18.1 Å². The van der Waals surface area contributed by atoms with E-state index in [4.69, 9.17) is 5.73 Å². The molecule has 0 aromatic heterocycles. The number of rotatable bonds is 3. The first kappa shape index (κ1) is 11.2. The molecule has 0 bridgehead atoms. The molecule has 0 heterocycles. The van der Waals surface area contributed by atoms with Crippen LogP contribution in [-0.4, -0.2) is 6.61 Å². The van der Waals surface area contributed by atoms with E-state index in [1.807, 2.05) is 0 Å². The number of benzene rings is 1. The van der Waals surface area contributed by atoms with Gasteiger partial charge in [-0.15, -0.1) is 12.6 Å². The standard InChI is InChI=1S/C8H8F3NOS/c9-5-1-4(3-12)7(14)2-6(5)13-8(10)11/h1-2,8,14H,3,12H2. The monoisotopic (exact) mass is 223 g/mol. The number of nitrogens with two attached hydrogens (primary N) is 1. The fourth-order valence-electron chi connectivity index (χ4n) is 0.934. The van der Waals surface area contributed by atoms with E-state index in [0.717, 1.165) is 12.1 Å². The summed E-state index contributed by atoms with van der Waals surface area (Å²) in [5.74, 6) is -1.40. The predicted molar refractivity (Wildman–Crippen MR) is 48.2 cm³/mol. The van der Waals surface area contributed by atoms with Crippen LogP contribution in [0.25, 0.3) is 0 Å². The number of hydrogen-bond acceptors (Lipinski definition) is 3. The average Bonchev–Trinajstić information content (AvgIpc) is 2.10.